The van der Waals surface area contributed by atoms with Crippen LogP contribution < -0.4 is 11.5 Å². The van der Waals surface area contributed by atoms with Crippen molar-refractivity contribution in [2.45, 2.75) is 171 Å². The fraction of sp³-hybridized carbons (Fsp3) is 0.455. The number of imidazole rings is 4. The van der Waals surface area contributed by atoms with Crippen molar-refractivity contribution >= 4 is 43.7 Å². The summed E-state index contributed by atoms with van der Waals surface area (Å²) in [6.07, 6.45) is 7.43. The Morgan fingerprint density at radius 3 is 0.881 bits per heavy atom. The first-order valence-electron chi connectivity index (χ1n) is 29.7. The molecule has 0 spiro atoms. The van der Waals surface area contributed by atoms with Gasteiger partial charge in [0, 0.05) is 104 Å². The Morgan fingerprint density at radius 2 is 0.583 bits per heavy atom. The molecule has 4 N–H and O–H groups in total. The Bertz CT molecular complexity index is 2980. The molecule has 0 saturated carbocycles. The van der Waals surface area contributed by atoms with E-state index in [1.165, 1.54) is 46.4 Å². The van der Waals surface area contributed by atoms with Crippen LogP contribution in [-0.2, 0) is 45.9 Å². The Morgan fingerprint density at radius 1 is 0.333 bits per heavy atom. The number of hydrogen-bond acceptors (Lipinski definition) is 10. The highest BCUT2D eigenvalue weighted by Gasteiger charge is 2.18. The van der Waals surface area contributed by atoms with Gasteiger partial charge in [0.25, 0.3) is 0 Å². The smallest absolute Gasteiger partial charge is 0.124 e. The Balaban J connectivity index is 0.000000205. The maximum Gasteiger partial charge on any atom is 0.124 e. The second-order valence-corrected chi connectivity index (χ2v) is 49.4. The minimum absolute atomic E-state index is 0.547. The lowest BCUT2D eigenvalue weighted by Crippen LogP contribution is -2.22. The highest BCUT2D eigenvalue weighted by Crippen LogP contribution is 2.27. The zero-order chi connectivity index (χ0) is 61.8. The number of aromatic nitrogens is 8. The predicted octanol–water partition coefficient (Wildman–Crippen LogP) is 16.5. The summed E-state index contributed by atoms with van der Waals surface area (Å²) >= 11 is 0. The van der Waals surface area contributed by atoms with Gasteiger partial charge < -0.3 is 48.7 Å². The number of rotatable bonds is 24. The molecule has 0 amide bonds. The summed E-state index contributed by atoms with van der Waals surface area (Å²) in [5.74, 6) is 0. The number of nitrogens with two attached hydrogens (primary N) is 2. The molecule has 0 atom stereocenters. The summed E-state index contributed by atoms with van der Waals surface area (Å²) in [5.41, 5.74) is 28.7. The second-order valence-electron chi connectivity index (χ2n) is 27.0. The molecule has 0 aliphatic carbocycles. The molecule has 4 heterocycles. The van der Waals surface area contributed by atoms with Gasteiger partial charge in [-0.3, -0.25) is 0 Å². The molecule has 0 aliphatic rings. The van der Waals surface area contributed by atoms with E-state index in [-0.39, 0.29) is 0 Å². The van der Waals surface area contributed by atoms with Gasteiger partial charge in [-0.05, 0) is 90.0 Å². The Hall–Kier alpha value is -5.97. The van der Waals surface area contributed by atoms with Crippen molar-refractivity contribution in [3.05, 3.63) is 156 Å². The van der Waals surface area contributed by atoms with Crippen LogP contribution in [0.2, 0.25) is 103 Å². The van der Waals surface area contributed by atoms with Crippen molar-refractivity contribution in [1.82, 2.24) is 38.2 Å². The molecule has 0 aliphatic heterocycles. The van der Waals surface area contributed by atoms with Gasteiger partial charge in [-0.2, -0.15) is 0 Å². The van der Waals surface area contributed by atoms with Crippen molar-refractivity contribution in [2.24, 2.45) is 0 Å². The van der Waals surface area contributed by atoms with E-state index in [0.717, 1.165) is 94.5 Å². The third-order valence-corrected chi connectivity index (χ3v) is 21.0. The molecule has 8 aromatic rings. The first kappa shape index (κ1) is 68.8. The van der Waals surface area contributed by atoms with Gasteiger partial charge in [-0.25, -0.2) is 19.9 Å². The largest absolute Gasteiger partial charge is 0.399 e. The van der Waals surface area contributed by atoms with Crippen LogP contribution in [0.15, 0.2) is 122 Å². The van der Waals surface area contributed by atoms with Gasteiger partial charge in [0.05, 0.1) is 59.5 Å². The molecule has 456 valence electrons. The quantitative estimate of drug-likeness (QED) is 0.0339. The van der Waals surface area contributed by atoms with Crippen LogP contribution in [0.5, 0.6) is 0 Å². The fourth-order valence-electron chi connectivity index (χ4n) is 8.50. The third-order valence-electron chi connectivity index (χ3n) is 14.2. The van der Waals surface area contributed by atoms with Crippen LogP contribution in [0, 0.1) is 41.5 Å². The maximum atomic E-state index is 5.85. The number of ether oxygens (including phenoxy) is 4. The molecule has 0 radical (unpaired) electrons. The minimum atomic E-state index is -1.04. The topological polar surface area (TPSA) is 160 Å². The van der Waals surface area contributed by atoms with Gasteiger partial charge in [0.2, 0.25) is 0 Å². The molecule has 0 bridgehead atoms. The molecule has 4 aromatic heterocycles. The lowest BCUT2D eigenvalue weighted by atomic mass is 10.1. The molecular formula is C66H102N10O4Si4. The first-order valence-corrected chi connectivity index (χ1v) is 44.5. The zero-order valence-electron chi connectivity index (χ0n) is 54.4. The SMILES string of the molecule is Cc1c(-c2ccc(N)cc2)ncn1COCC[Si](C)(C)C.Cc1ccc(-c2c(C)ncn2COCC[Si](C)(C)C)cc1.Cc1ccc(-c2ncn(COCC[Si](C)(C)C)c2C)cc1.Cc1ncn(COCC[Si](C)(C)C)c1-c1ccc(N)cc1. The van der Waals surface area contributed by atoms with Crippen LogP contribution in [-0.4, -0.2) is 96.9 Å². The van der Waals surface area contributed by atoms with Crippen LogP contribution in [0.1, 0.15) is 33.9 Å². The number of anilines is 2. The van der Waals surface area contributed by atoms with E-state index in [1.807, 2.05) is 87.7 Å². The summed E-state index contributed by atoms with van der Waals surface area (Å²) in [7, 11) is -4.10. The number of nitrogens with zero attached hydrogens (tertiary/aromatic N) is 8. The summed E-state index contributed by atoms with van der Waals surface area (Å²) in [6, 6.07) is 37.5. The number of benzene rings is 4. The normalized spacial score (nSPS) is 11.8. The van der Waals surface area contributed by atoms with Gasteiger partial charge in [-0.15, -0.1) is 0 Å². The van der Waals surface area contributed by atoms with Gasteiger partial charge in [0.15, 0.2) is 0 Å². The highest BCUT2D eigenvalue weighted by atomic mass is 28.3. The molecule has 18 heteroatoms. The van der Waals surface area contributed by atoms with Crippen LogP contribution in [0.25, 0.3) is 45.0 Å². The monoisotopic (exact) mass is 1210 g/mol. The van der Waals surface area contributed by atoms with Gasteiger partial charge >= 0.3 is 0 Å². The van der Waals surface area contributed by atoms with Crippen LogP contribution >= 0.6 is 0 Å². The van der Waals surface area contributed by atoms with Crippen molar-refractivity contribution < 1.29 is 18.9 Å². The molecule has 0 unspecified atom stereocenters. The molecule has 0 fully saturated rings. The van der Waals surface area contributed by atoms with Crippen molar-refractivity contribution in [2.75, 3.05) is 37.9 Å². The minimum Gasteiger partial charge on any atom is -0.399 e. The van der Waals surface area contributed by atoms with E-state index in [2.05, 4.69) is 193 Å². The van der Waals surface area contributed by atoms with Gasteiger partial charge in [0.1, 0.15) is 26.9 Å². The first-order chi connectivity index (χ1) is 39.5. The molecular weight excluding hydrogens is 1110 g/mol. The fourth-order valence-corrected chi connectivity index (χ4v) is 11.5. The standard InChI is InChI=1S/2C17H26N2OSi.2C16H25N3OSi/c1-14-6-8-16(9-7-14)17-15(2)19(12-18-17)13-20-10-11-21(3,4)5;1-14-6-8-16(9-7-14)17-15(2)18-12-19(17)13-20-10-11-21(3,4)5;1-13-16(14-5-7-15(17)8-6-14)18-11-19(13)12-20-9-10-21(2,3)4;1-13-16(14-5-7-15(17)8-6-14)19(11-18-13)12-20-9-10-21(2,3)4/h2*6-9,12H,10-11,13H2,1-5H3;2*5-8,11H,9-10,12,17H2,1-4H3. The molecule has 4 aromatic carbocycles. The van der Waals surface area contributed by atoms with E-state index in [4.69, 9.17) is 30.4 Å². The van der Waals surface area contributed by atoms with E-state index in [1.54, 1.807) is 0 Å². The van der Waals surface area contributed by atoms with Crippen LogP contribution in [0.3, 0.4) is 0 Å². The number of nitrogen functional groups attached to an aromatic ring is 2. The third kappa shape index (κ3) is 23.8. The van der Waals surface area contributed by atoms with Gasteiger partial charge in [-0.1, -0.05) is 162 Å². The molecule has 84 heavy (non-hydrogen) atoms. The van der Waals surface area contributed by atoms with E-state index in [0.29, 0.717) is 26.9 Å². The van der Waals surface area contributed by atoms with Crippen molar-refractivity contribution in [3.8, 4) is 45.0 Å². The summed E-state index contributed by atoms with van der Waals surface area (Å²) in [4.78, 5) is 17.9. The van der Waals surface area contributed by atoms with Crippen LogP contribution in [0.4, 0.5) is 11.4 Å². The number of hydrogen-bond donors (Lipinski definition) is 2. The van der Waals surface area contributed by atoms with Crippen molar-refractivity contribution in [1.29, 1.82) is 0 Å². The average Bonchev–Trinajstić information content (AvgIpc) is 4.39. The predicted molar refractivity (Wildman–Crippen MR) is 364 cm³/mol. The molecule has 8 rings (SSSR count). The maximum absolute atomic E-state index is 5.85. The summed E-state index contributed by atoms with van der Waals surface area (Å²) < 4.78 is 31.6. The second kappa shape index (κ2) is 32.0. The lowest BCUT2D eigenvalue weighted by molar-refractivity contribution is 0.0858. The van der Waals surface area contributed by atoms with Crippen molar-refractivity contribution in [3.63, 3.8) is 0 Å². The Labute approximate surface area is 508 Å². The summed E-state index contributed by atoms with van der Waals surface area (Å²) in [5, 5.41) is 0. The lowest BCUT2D eigenvalue weighted by Gasteiger charge is -2.16. The molecule has 0 saturated heterocycles. The van der Waals surface area contributed by atoms with E-state index >= 15 is 0 Å². The van der Waals surface area contributed by atoms with E-state index in [9.17, 15) is 0 Å². The Kier molecular flexibility index (Phi) is 26.2. The highest BCUT2D eigenvalue weighted by molar-refractivity contribution is 6.77. The zero-order valence-corrected chi connectivity index (χ0v) is 58.4. The summed E-state index contributed by atoms with van der Waals surface area (Å²) in [6.45, 7) is 46.4. The number of aryl methyl sites for hydroxylation is 4. The molecule has 14 nitrogen and oxygen atoms in total. The average molecular weight is 1210 g/mol. The van der Waals surface area contributed by atoms with E-state index < -0.39 is 32.3 Å².